The molecule has 2 saturated carbocycles. The number of thioether (sulfide) groups is 1. The molecule has 11 heteroatoms. The van der Waals surface area contributed by atoms with Crippen LogP contribution in [0.2, 0.25) is 0 Å². The number of hydrogen-bond acceptors (Lipinski definition) is 11. The third-order valence-electron chi connectivity index (χ3n) is 17.8. The second kappa shape index (κ2) is 15.4. The van der Waals surface area contributed by atoms with Crippen LogP contribution in [-0.4, -0.2) is 156 Å². The van der Waals surface area contributed by atoms with Gasteiger partial charge in [0.05, 0.1) is 36.4 Å². The summed E-state index contributed by atoms with van der Waals surface area (Å²) in [6.45, 7) is 11.5. The normalized spacial score (nSPS) is 51.1. The van der Waals surface area contributed by atoms with Gasteiger partial charge in [-0.15, -0.1) is 0 Å². The standard InChI is InChI=1S/C12H19NO.C11H18N2O.C11H17NO2.C11H17NOS/c1-7(14)12-11-9-4-3-8(5-9)10(11)6-13(12)2;1-6(14)11-10-7(5-13(11)2)8-3-4-9(10)12-8;2*1-6(13)11-10-7(5-12(11)2)8-3-4-9(10)14-8/h8-12H,3-6H2,1-2H3;7-12H,3-5H2,1-2H3;2*7-11H,3-5H2,1-2H3. The minimum atomic E-state index is 0.135. The average Bonchev–Trinajstić information content (AvgIpc) is 3.97. The second-order valence-electron chi connectivity index (χ2n) is 20.8. The van der Waals surface area contributed by atoms with Crippen molar-refractivity contribution in [3.05, 3.63) is 0 Å². The molecule has 56 heavy (non-hydrogen) atoms. The molecule has 10 aliphatic heterocycles. The van der Waals surface area contributed by atoms with Crippen LogP contribution in [0, 0.1) is 59.2 Å². The Morgan fingerprint density at radius 1 is 0.482 bits per heavy atom. The zero-order valence-electron chi connectivity index (χ0n) is 35.5. The molecule has 0 aromatic rings. The highest BCUT2D eigenvalue weighted by molar-refractivity contribution is 8.01. The highest BCUT2D eigenvalue weighted by atomic mass is 32.2. The fourth-order valence-corrected chi connectivity index (χ4v) is 18.2. The smallest absolute Gasteiger partial charge is 0.147 e. The number of likely N-dealkylation sites (N-methyl/N-ethyl adjacent to an activating group) is 4. The van der Waals surface area contributed by atoms with Crippen LogP contribution in [0.15, 0.2) is 0 Å². The van der Waals surface area contributed by atoms with Crippen molar-refractivity contribution >= 4 is 34.9 Å². The summed E-state index contributed by atoms with van der Waals surface area (Å²) in [4.78, 5) is 55.5. The van der Waals surface area contributed by atoms with Crippen molar-refractivity contribution in [2.45, 2.75) is 144 Å². The number of ketones is 4. The molecule has 312 valence electrons. The lowest BCUT2D eigenvalue weighted by atomic mass is 9.77. The van der Waals surface area contributed by atoms with Gasteiger partial charge in [-0.25, -0.2) is 0 Å². The van der Waals surface area contributed by atoms with Gasteiger partial charge in [-0.1, -0.05) is 0 Å². The lowest BCUT2D eigenvalue weighted by molar-refractivity contribution is -0.123. The maximum atomic E-state index is 11.6. The Hall–Kier alpha value is -1.21. The molecular formula is C45H71N5O5S. The number of likely N-dealkylation sites (tertiary alicyclic amines) is 4. The van der Waals surface area contributed by atoms with E-state index in [0.717, 1.165) is 65.6 Å². The topological polar surface area (TPSA) is 102 Å². The van der Waals surface area contributed by atoms with Crippen LogP contribution >= 0.6 is 11.8 Å². The summed E-state index contributed by atoms with van der Waals surface area (Å²) in [7, 11) is 8.42. The first kappa shape index (κ1) is 40.2. The average molecular weight is 794 g/mol. The molecule has 0 radical (unpaired) electrons. The highest BCUT2D eigenvalue weighted by Crippen LogP contribution is 2.58. The maximum absolute atomic E-state index is 11.6. The van der Waals surface area contributed by atoms with Gasteiger partial charge in [-0.2, -0.15) is 11.8 Å². The summed E-state index contributed by atoms with van der Waals surface area (Å²) in [6.07, 6.45) is 12.8. The number of Topliss-reactive ketones (excluding diaryl/α,β-unsaturated/α-hetero) is 4. The molecule has 2 aliphatic carbocycles. The van der Waals surface area contributed by atoms with E-state index in [1.54, 1.807) is 27.7 Å². The van der Waals surface area contributed by atoms with E-state index >= 15 is 0 Å². The van der Waals surface area contributed by atoms with Crippen molar-refractivity contribution in [3.8, 4) is 0 Å². The van der Waals surface area contributed by atoms with Crippen LogP contribution in [0.5, 0.6) is 0 Å². The van der Waals surface area contributed by atoms with E-state index in [9.17, 15) is 19.2 Å². The zero-order chi connectivity index (χ0) is 39.5. The van der Waals surface area contributed by atoms with Gasteiger partial charge < -0.3 is 10.1 Å². The molecule has 12 fully saturated rings. The van der Waals surface area contributed by atoms with Gasteiger partial charge in [0.25, 0.3) is 0 Å². The highest BCUT2D eigenvalue weighted by Gasteiger charge is 2.60. The van der Waals surface area contributed by atoms with E-state index in [4.69, 9.17) is 4.74 Å². The number of nitrogens with zero attached hydrogens (tertiary/aromatic N) is 4. The van der Waals surface area contributed by atoms with Gasteiger partial charge in [0.2, 0.25) is 0 Å². The molecule has 0 aromatic carbocycles. The molecule has 20 unspecified atom stereocenters. The molecule has 10 heterocycles. The van der Waals surface area contributed by atoms with Crippen molar-refractivity contribution < 1.29 is 23.9 Å². The summed E-state index contributed by atoms with van der Waals surface area (Å²) < 4.78 is 5.89. The lowest BCUT2D eigenvalue weighted by Gasteiger charge is -2.27. The minimum absolute atomic E-state index is 0.135. The van der Waals surface area contributed by atoms with Crippen LogP contribution in [0.25, 0.3) is 0 Å². The van der Waals surface area contributed by atoms with Gasteiger partial charge in [-0.05, 0) is 155 Å². The second-order valence-corrected chi connectivity index (χ2v) is 22.3. The third kappa shape index (κ3) is 6.57. The fourth-order valence-electron chi connectivity index (χ4n) is 16.2. The van der Waals surface area contributed by atoms with Crippen molar-refractivity contribution in [2.24, 2.45) is 59.2 Å². The molecular weight excluding hydrogens is 723 g/mol. The van der Waals surface area contributed by atoms with E-state index < -0.39 is 0 Å². The van der Waals surface area contributed by atoms with E-state index in [0.29, 0.717) is 71.1 Å². The largest absolute Gasteiger partial charge is 0.374 e. The van der Waals surface area contributed by atoms with Crippen LogP contribution in [0.4, 0.5) is 0 Å². The third-order valence-corrected chi connectivity index (χ3v) is 19.7. The predicted molar refractivity (Wildman–Crippen MR) is 219 cm³/mol. The Labute approximate surface area is 340 Å². The molecule has 0 amide bonds. The summed E-state index contributed by atoms with van der Waals surface area (Å²) in [5.74, 6) is 8.84. The number of rotatable bonds is 4. The zero-order valence-corrected chi connectivity index (χ0v) is 36.3. The van der Waals surface area contributed by atoms with E-state index in [1.165, 1.54) is 64.3 Å². The number of carbonyl (C=O) groups is 4. The number of nitrogens with one attached hydrogen (secondary N) is 1. The van der Waals surface area contributed by atoms with E-state index in [2.05, 4.69) is 64.9 Å². The summed E-state index contributed by atoms with van der Waals surface area (Å²) in [5, 5.41) is 5.32. The van der Waals surface area contributed by atoms with Crippen molar-refractivity contribution in [3.63, 3.8) is 0 Å². The van der Waals surface area contributed by atoms with E-state index in [1.807, 2.05) is 0 Å². The Kier molecular flexibility index (Phi) is 11.0. The number of hydrogen-bond donors (Lipinski definition) is 1. The van der Waals surface area contributed by atoms with Crippen molar-refractivity contribution in [1.82, 2.24) is 24.9 Å². The van der Waals surface area contributed by atoms with Gasteiger partial charge in [-0.3, -0.25) is 38.8 Å². The van der Waals surface area contributed by atoms with Crippen molar-refractivity contribution in [1.29, 1.82) is 0 Å². The van der Waals surface area contributed by atoms with Crippen LogP contribution in [-0.2, 0) is 23.9 Å². The van der Waals surface area contributed by atoms with Gasteiger partial charge in [0.15, 0.2) is 0 Å². The number of fused-ring (bicyclic) bond motifs is 20. The first-order valence-corrected chi connectivity index (χ1v) is 23.6. The summed E-state index contributed by atoms with van der Waals surface area (Å²) >= 11 is 2.17. The van der Waals surface area contributed by atoms with E-state index in [-0.39, 0.29) is 24.2 Å². The Balaban J connectivity index is 0.0000000975. The Morgan fingerprint density at radius 2 is 0.982 bits per heavy atom. The summed E-state index contributed by atoms with van der Waals surface area (Å²) in [6, 6.07) is 2.16. The number of carbonyl (C=O) groups excluding carboxylic acids is 4. The quantitative estimate of drug-likeness (QED) is 0.449. The first-order valence-electron chi connectivity index (χ1n) is 22.6. The molecule has 20 atom stereocenters. The van der Waals surface area contributed by atoms with Gasteiger partial charge in [0, 0.05) is 66.5 Å². The molecule has 12 aliphatic rings. The Morgan fingerprint density at radius 3 is 1.64 bits per heavy atom. The molecule has 8 bridgehead atoms. The van der Waals surface area contributed by atoms with Gasteiger partial charge in [0.1, 0.15) is 23.1 Å². The minimum Gasteiger partial charge on any atom is -0.374 e. The molecule has 10 nitrogen and oxygen atoms in total. The summed E-state index contributed by atoms with van der Waals surface area (Å²) in [5.41, 5.74) is 0. The van der Waals surface area contributed by atoms with Crippen LogP contribution in [0.3, 0.4) is 0 Å². The Bertz CT molecular complexity index is 1340. The molecule has 1 N–H and O–H groups in total. The van der Waals surface area contributed by atoms with Crippen LogP contribution in [0.1, 0.15) is 85.5 Å². The fraction of sp³-hybridized carbons (Fsp3) is 0.911. The van der Waals surface area contributed by atoms with Crippen molar-refractivity contribution in [2.75, 3.05) is 54.4 Å². The first-order chi connectivity index (χ1) is 26.7. The molecule has 10 saturated heterocycles. The molecule has 12 rings (SSSR count). The SMILES string of the molecule is CC(=O)C1C2C3CCC(C3)C2CN1C.CC(=O)C1C2C3CCC(N3)C2CN1C.CC(=O)C1C2C3CCC(O3)C2CN1C.CC(=O)C1C2C3CCC(S3)C2CN1C. The lowest BCUT2D eigenvalue weighted by Crippen LogP contribution is -2.41. The van der Waals surface area contributed by atoms with Gasteiger partial charge >= 0.3 is 0 Å². The van der Waals surface area contributed by atoms with Crippen LogP contribution < -0.4 is 5.32 Å². The monoisotopic (exact) mass is 794 g/mol. The predicted octanol–water partition coefficient (Wildman–Crippen LogP) is 3.89. The molecule has 0 spiro atoms. The molecule has 0 aromatic heterocycles. The maximum Gasteiger partial charge on any atom is 0.147 e. The number of ether oxygens (including phenoxy) is 1.